The van der Waals surface area contributed by atoms with Gasteiger partial charge < -0.3 is 15.0 Å². The average molecular weight is 501 g/mol. The highest BCUT2D eigenvalue weighted by Crippen LogP contribution is 2.28. The van der Waals surface area contributed by atoms with E-state index in [0.29, 0.717) is 35.1 Å². The SMILES string of the molecule is CC(C)CCOc1ccc(Br)cc1C(=O)N(C)c1ccccc1C(=O)NC1CCCCC1. The van der Waals surface area contributed by atoms with Crippen molar-refractivity contribution in [3.63, 3.8) is 0 Å². The van der Waals surface area contributed by atoms with Crippen LogP contribution in [0.4, 0.5) is 5.69 Å². The summed E-state index contributed by atoms with van der Waals surface area (Å²) >= 11 is 3.46. The van der Waals surface area contributed by atoms with Crippen molar-refractivity contribution in [2.24, 2.45) is 5.92 Å². The molecule has 0 atom stereocenters. The zero-order valence-corrected chi connectivity index (χ0v) is 20.8. The van der Waals surface area contributed by atoms with Crippen molar-refractivity contribution in [1.29, 1.82) is 0 Å². The lowest BCUT2D eigenvalue weighted by Gasteiger charge is -2.25. The standard InChI is InChI=1S/C26H33BrN2O3/c1-18(2)15-16-32-24-14-13-19(27)17-22(24)26(31)29(3)23-12-8-7-11-21(23)25(30)28-20-9-5-4-6-10-20/h7-8,11-14,17-18,20H,4-6,9-10,15-16H2,1-3H3,(H,28,30). The number of anilines is 1. The van der Waals surface area contributed by atoms with E-state index in [2.05, 4.69) is 35.1 Å². The summed E-state index contributed by atoms with van der Waals surface area (Å²) in [6.45, 7) is 4.82. The molecule has 0 unspecified atom stereocenters. The predicted molar refractivity (Wildman–Crippen MR) is 133 cm³/mol. The number of carbonyl (C=O) groups excluding carboxylic acids is 2. The first-order chi connectivity index (χ1) is 15.4. The number of hydrogen-bond donors (Lipinski definition) is 1. The van der Waals surface area contributed by atoms with Crippen molar-refractivity contribution in [3.8, 4) is 5.75 Å². The largest absolute Gasteiger partial charge is 0.493 e. The number of hydrogen-bond acceptors (Lipinski definition) is 3. The van der Waals surface area contributed by atoms with E-state index in [1.807, 2.05) is 30.3 Å². The lowest BCUT2D eigenvalue weighted by Crippen LogP contribution is -2.37. The number of amides is 2. The molecule has 2 amide bonds. The Bertz CT molecular complexity index is 938. The van der Waals surface area contributed by atoms with E-state index in [4.69, 9.17) is 4.74 Å². The van der Waals surface area contributed by atoms with Gasteiger partial charge in [0, 0.05) is 17.6 Å². The zero-order valence-electron chi connectivity index (χ0n) is 19.2. The maximum Gasteiger partial charge on any atom is 0.261 e. The minimum Gasteiger partial charge on any atom is -0.493 e. The van der Waals surface area contributed by atoms with E-state index in [9.17, 15) is 9.59 Å². The summed E-state index contributed by atoms with van der Waals surface area (Å²) in [5.74, 6) is 0.718. The van der Waals surface area contributed by atoms with Gasteiger partial charge in [0.1, 0.15) is 5.75 Å². The van der Waals surface area contributed by atoms with Gasteiger partial charge in [0.25, 0.3) is 11.8 Å². The van der Waals surface area contributed by atoms with Gasteiger partial charge in [0.2, 0.25) is 0 Å². The molecule has 0 heterocycles. The van der Waals surface area contributed by atoms with Gasteiger partial charge in [-0.1, -0.05) is 61.2 Å². The monoisotopic (exact) mass is 500 g/mol. The molecule has 1 N–H and O–H groups in total. The Morgan fingerprint density at radius 1 is 1.09 bits per heavy atom. The second kappa shape index (κ2) is 11.5. The Balaban J connectivity index is 1.82. The van der Waals surface area contributed by atoms with Crippen molar-refractivity contribution in [3.05, 3.63) is 58.1 Å². The van der Waals surface area contributed by atoms with Crippen LogP contribution in [0.25, 0.3) is 0 Å². The molecule has 1 aliphatic rings. The van der Waals surface area contributed by atoms with Gasteiger partial charge in [0.05, 0.1) is 23.4 Å². The summed E-state index contributed by atoms with van der Waals surface area (Å²) in [6, 6.07) is 12.9. The lowest BCUT2D eigenvalue weighted by atomic mass is 9.95. The zero-order chi connectivity index (χ0) is 23.1. The molecule has 3 rings (SSSR count). The van der Waals surface area contributed by atoms with Crippen LogP contribution >= 0.6 is 15.9 Å². The summed E-state index contributed by atoms with van der Waals surface area (Å²) in [6.07, 6.45) is 6.45. The second-order valence-corrected chi connectivity index (χ2v) is 9.78. The van der Waals surface area contributed by atoms with E-state index in [1.54, 1.807) is 19.2 Å². The molecule has 172 valence electrons. The highest BCUT2D eigenvalue weighted by atomic mass is 79.9. The van der Waals surface area contributed by atoms with Crippen molar-refractivity contribution in [2.45, 2.75) is 58.4 Å². The summed E-state index contributed by atoms with van der Waals surface area (Å²) < 4.78 is 6.74. The maximum atomic E-state index is 13.5. The number of halogens is 1. The first kappa shape index (κ1) is 24.3. The molecule has 0 radical (unpaired) electrons. The van der Waals surface area contributed by atoms with E-state index >= 15 is 0 Å². The van der Waals surface area contributed by atoms with Crippen LogP contribution in [0.1, 0.15) is 73.1 Å². The fourth-order valence-corrected chi connectivity index (χ4v) is 4.32. The van der Waals surface area contributed by atoms with Gasteiger partial charge in [0.15, 0.2) is 0 Å². The third kappa shape index (κ3) is 6.35. The van der Waals surface area contributed by atoms with Crippen LogP contribution < -0.4 is 15.0 Å². The molecule has 5 nitrogen and oxygen atoms in total. The molecule has 0 aliphatic heterocycles. The molecule has 2 aromatic rings. The lowest BCUT2D eigenvalue weighted by molar-refractivity contribution is 0.0928. The Labute approximate surface area is 199 Å². The molecule has 0 aromatic heterocycles. The fourth-order valence-electron chi connectivity index (χ4n) is 3.96. The van der Waals surface area contributed by atoms with Gasteiger partial charge in [-0.3, -0.25) is 9.59 Å². The van der Waals surface area contributed by atoms with Gasteiger partial charge in [-0.2, -0.15) is 0 Å². The normalized spacial score (nSPS) is 14.3. The summed E-state index contributed by atoms with van der Waals surface area (Å²) in [5, 5.41) is 3.16. The Hall–Kier alpha value is -2.34. The molecule has 0 bridgehead atoms. The molecule has 1 saturated carbocycles. The minimum atomic E-state index is -0.219. The molecular weight excluding hydrogens is 468 g/mol. The maximum absolute atomic E-state index is 13.5. The minimum absolute atomic E-state index is 0.130. The van der Waals surface area contributed by atoms with Crippen molar-refractivity contribution in [2.75, 3.05) is 18.6 Å². The van der Waals surface area contributed by atoms with E-state index in [1.165, 1.54) is 11.3 Å². The summed E-state index contributed by atoms with van der Waals surface area (Å²) in [4.78, 5) is 28.1. The van der Waals surface area contributed by atoms with Crippen LogP contribution in [-0.4, -0.2) is 31.5 Å². The molecule has 6 heteroatoms. The number of carbonyl (C=O) groups is 2. The number of ether oxygens (including phenoxy) is 1. The molecular formula is C26H33BrN2O3. The van der Waals surface area contributed by atoms with Crippen molar-refractivity contribution in [1.82, 2.24) is 5.32 Å². The van der Waals surface area contributed by atoms with E-state index in [-0.39, 0.29) is 17.9 Å². The summed E-state index contributed by atoms with van der Waals surface area (Å²) in [5.41, 5.74) is 1.55. The number of benzene rings is 2. The van der Waals surface area contributed by atoms with Crippen LogP contribution in [0.3, 0.4) is 0 Å². The van der Waals surface area contributed by atoms with Gasteiger partial charge >= 0.3 is 0 Å². The first-order valence-corrected chi connectivity index (χ1v) is 12.3. The number of rotatable bonds is 8. The van der Waals surface area contributed by atoms with Crippen LogP contribution in [0.2, 0.25) is 0 Å². The van der Waals surface area contributed by atoms with Crippen LogP contribution in [-0.2, 0) is 0 Å². The predicted octanol–water partition coefficient (Wildman–Crippen LogP) is 6.21. The quantitative estimate of drug-likeness (QED) is 0.468. The van der Waals surface area contributed by atoms with Gasteiger partial charge in [-0.15, -0.1) is 0 Å². The second-order valence-electron chi connectivity index (χ2n) is 8.86. The molecule has 2 aromatic carbocycles. The van der Waals surface area contributed by atoms with Crippen molar-refractivity contribution < 1.29 is 14.3 Å². The Kier molecular flexibility index (Phi) is 8.74. The van der Waals surface area contributed by atoms with Crippen LogP contribution in [0, 0.1) is 5.92 Å². The van der Waals surface area contributed by atoms with Gasteiger partial charge in [-0.25, -0.2) is 0 Å². The van der Waals surface area contributed by atoms with Gasteiger partial charge in [-0.05, 0) is 55.5 Å². The molecule has 1 fully saturated rings. The third-order valence-electron chi connectivity index (χ3n) is 5.88. The van der Waals surface area contributed by atoms with Crippen LogP contribution in [0.15, 0.2) is 46.9 Å². The number of para-hydroxylation sites is 1. The molecule has 0 spiro atoms. The molecule has 0 saturated heterocycles. The smallest absolute Gasteiger partial charge is 0.261 e. The molecule has 32 heavy (non-hydrogen) atoms. The molecule has 1 aliphatic carbocycles. The first-order valence-electron chi connectivity index (χ1n) is 11.5. The fraction of sp³-hybridized carbons (Fsp3) is 0.462. The highest BCUT2D eigenvalue weighted by molar-refractivity contribution is 9.10. The van der Waals surface area contributed by atoms with E-state index in [0.717, 1.165) is 36.6 Å². The van der Waals surface area contributed by atoms with Crippen molar-refractivity contribution >= 4 is 33.4 Å². The Morgan fingerprint density at radius 2 is 1.81 bits per heavy atom. The Morgan fingerprint density at radius 3 is 2.53 bits per heavy atom. The highest BCUT2D eigenvalue weighted by Gasteiger charge is 2.24. The topological polar surface area (TPSA) is 58.6 Å². The summed E-state index contributed by atoms with van der Waals surface area (Å²) in [7, 11) is 1.70. The third-order valence-corrected chi connectivity index (χ3v) is 6.37. The number of nitrogens with one attached hydrogen (secondary N) is 1. The van der Waals surface area contributed by atoms with Crippen LogP contribution in [0.5, 0.6) is 5.75 Å². The average Bonchev–Trinajstić information content (AvgIpc) is 2.79. The number of nitrogens with zero attached hydrogens (tertiary/aromatic N) is 1. The van der Waals surface area contributed by atoms with E-state index < -0.39 is 0 Å².